The zero-order valence-electron chi connectivity index (χ0n) is 13.2. The first-order chi connectivity index (χ1) is 10.9. The Morgan fingerprint density at radius 1 is 1.22 bits per heavy atom. The average Bonchev–Trinajstić information content (AvgIpc) is 2.53. The lowest BCUT2D eigenvalue weighted by atomic mass is 10.3. The predicted octanol–water partition coefficient (Wildman–Crippen LogP) is 1.17. The average molecular weight is 360 g/mol. The van der Waals surface area contributed by atoms with E-state index in [4.69, 9.17) is 11.6 Å². The molecule has 1 aliphatic heterocycles. The molecule has 1 amide bonds. The molecule has 0 aliphatic carbocycles. The lowest BCUT2D eigenvalue weighted by Crippen LogP contribution is -2.51. The van der Waals surface area contributed by atoms with Crippen molar-refractivity contribution in [1.82, 2.24) is 14.5 Å². The smallest absolute Gasteiger partial charge is 0.244 e. The predicted molar refractivity (Wildman–Crippen MR) is 90.0 cm³/mol. The van der Waals surface area contributed by atoms with E-state index in [1.54, 1.807) is 18.2 Å². The molecule has 0 bridgehead atoms. The van der Waals surface area contributed by atoms with Crippen molar-refractivity contribution in [2.45, 2.75) is 18.2 Å². The van der Waals surface area contributed by atoms with Crippen molar-refractivity contribution < 1.29 is 13.2 Å². The van der Waals surface area contributed by atoms with E-state index in [0.717, 1.165) is 6.42 Å². The fourth-order valence-electron chi connectivity index (χ4n) is 2.44. The van der Waals surface area contributed by atoms with E-state index in [1.807, 2.05) is 11.8 Å². The standard InChI is InChI=1S/C15H22ClN3O3S/c1-2-7-17-15(20)12-18-8-10-19(11-9-18)23(21,22)14-6-4-3-5-13(14)16/h3-6H,2,7-12H2,1H3,(H,17,20). The fourth-order valence-corrected chi connectivity index (χ4v) is 4.36. The highest BCUT2D eigenvalue weighted by atomic mass is 35.5. The van der Waals surface area contributed by atoms with Gasteiger partial charge in [-0.1, -0.05) is 30.7 Å². The third-order valence-corrected chi connectivity index (χ3v) is 6.12. The monoisotopic (exact) mass is 359 g/mol. The summed E-state index contributed by atoms with van der Waals surface area (Å²) in [5.41, 5.74) is 0. The van der Waals surface area contributed by atoms with Crippen LogP contribution >= 0.6 is 11.6 Å². The zero-order valence-corrected chi connectivity index (χ0v) is 14.7. The SMILES string of the molecule is CCCNC(=O)CN1CCN(S(=O)(=O)c2ccccc2Cl)CC1. The number of rotatable bonds is 6. The summed E-state index contributed by atoms with van der Waals surface area (Å²) in [6.07, 6.45) is 0.898. The van der Waals surface area contributed by atoms with Gasteiger partial charge in [0.1, 0.15) is 4.90 Å². The number of hydrogen-bond donors (Lipinski definition) is 1. The lowest BCUT2D eigenvalue weighted by Gasteiger charge is -2.33. The molecule has 1 aromatic rings. The van der Waals surface area contributed by atoms with Crippen LogP contribution in [0.5, 0.6) is 0 Å². The Morgan fingerprint density at radius 2 is 1.87 bits per heavy atom. The van der Waals surface area contributed by atoms with Crippen molar-refractivity contribution >= 4 is 27.5 Å². The second-order valence-corrected chi connectivity index (χ2v) is 7.77. The minimum absolute atomic E-state index is 0.0192. The summed E-state index contributed by atoms with van der Waals surface area (Å²) < 4.78 is 26.7. The van der Waals surface area contributed by atoms with E-state index in [2.05, 4.69) is 5.32 Å². The van der Waals surface area contributed by atoms with Gasteiger partial charge in [-0.25, -0.2) is 8.42 Å². The second-order valence-electron chi connectivity index (χ2n) is 5.46. The van der Waals surface area contributed by atoms with Crippen molar-refractivity contribution in [3.63, 3.8) is 0 Å². The number of nitrogens with zero attached hydrogens (tertiary/aromatic N) is 2. The van der Waals surface area contributed by atoms with E-state index in [0.29, 0.717) is 39.3 Å². The van der Waals surface area contributed by atoms with Crippen molar-refractivity contribution in [2.75, 3.05) is 39.3 Å². The van der Waals surface area contributed by atoms with Gasteiger partial charge in [-0.2, -0.15) is 4.31 Å². The zero-order chi connectivity index (χ0) is 16.9. The number of hydrogen-bond acceptors (Lipinski definition) is 4. The molecule has 1 saturated heterocycles. The van der Waals surface area contributed by atoms with Crippen LogP contribution in [0.1, 0.15) is 13.3 Å². The topological polar surface area (TPSA) is 69.7 Å². The van der Waals surface area contributed by atoms with E-state index in [-0.39, 0.29) is 15.8 Å². The van der Waals surface area contributed by atoms with Gasteiger partial charge in [-0.05, 0) is 18.6 Å². The van der Waals surface area contributed by atoms with Crippen LogP contribution in [0, 0.1) is 0 Å². The third kappa shape index (κ3) is 4.67. The van der Waals surface area contributed by atoms with Crippen LogP contribution in [0.15, 0.2) is 29.2 Å². The first-order valence-electron chi connectivity index (χ1n) is 7.69. The van der Waals surface area contributed by atoms with Gasteiger partial charge in [0.15, 0.2) is 0 Å². The summed E-state index contributed by atoms with van der Waals surface area (Å²) in [5, 5.41) is 3.05. The van der Waals surface area contributed by atoms with Gasteiger partial charge in [-0.15, -0.1) is 0 Å². The molecular weight excluding hydrogens is 338 g/mol. The molecule has 23 heavy (non-hydrogen) atoms. The maximum absolute atomic E-state index is 12.6. The van der Waals surface area contributed by atoms with Crippen LogP contribution in [0.2, 0.25) is 5.02 Å². The quantitative estimate of drug-likeness (QED) is 0.827. The molecule has 1 N–H and O–H groups in total. The highest BCUT2D eigenvalue weighted by molar-refractivity contribution is 7.89. The number of amides is 1. The van der Waals surface area contributed by atoms with Crippen LogP contribution in [-0.2, 0) is 14.8 Å². The van der Waals surface area contributed by atoms with Crippen LogP contribution in [0.4, 0.5) is 0 Å². The molecule has 8 heteroatoms. The maximum atomic E-state index is 12.6. The molecule has 0 atom stereocenters. The van der Waals surface area contributed by atoms with Crippen molar-refractivity contribution in [3.05, 3.63) is 29.3 Å². The molecule has 0 radical (unpaired) electrons. The molecule has 1 fully saturated rings. The molecular formula is C15H22ClN3O3S. The first kappa shape index (κ1) is 18.2. The summed E-state index contributed by atoms with van der Waals surface area (Å²) in [6, 6.07) is 6.45. The van der Waals surface area contributed by atoms with Gasteiger partial charge in [0, 0.05) is 32.7 Å². The Hall–Kier alpha value is -1.15. The lowest BCUT2D eigenvalue weighted by molar-refractivity contribution is -0.122. The van der Waals surface area contributed by atoms with Gasteiger partial charge in [0.2, 0.25) is 15.9 Å². The first-order valence-corrected chi connectivity index (χ1v) is 9.50. The second kappa shape index (κ2) is 8.10. The molecule has 1 heterocycles. The Bertz CT molecular complexity index is 643. The summed E-state index contributed by atoms with van der Waals surface area (Å²) in [4.78, 5) is 13.8. The molecule has 128 valence electrons. The van der Waals surface area contributed by atoms with E-state index >= 15 is 0 Å². The Balaban J connectivity index is 1.94. The molecule has 0 saturated carbocycles. The van der Waals surface area contributed by atoms with Crippen molar-refractivity contribution in [3.8, 4) is 0 Å². The van der Waals surface area contributed by atoms with Gasteiger partial charge in [0.25, 0.3) is 0 Å². The van der Waals surface area contributed by atoms with Gasteiger partial charge in [0.05, 0.1) is 11.6 Å². The van der Waals surface area contributed by atoms with E-state index < -0.39 is 10.0 Å². The molecule has 2 rings (SSSR count). The van der Waals surface area contributed by atoms with Crippen LogP contribution in [0.3, 0.4) is 0 Å². The van der Waals surface area contributed by atoms with E-state index in [1.165, 1.54) is 10.4 Å². The molecule has 1 aromatic carbocycles. The molecule has 6 nitrogen and oxygen atoms in total. The fraction of sp³-hybridized carbons (Fsp3) is 0.533. The molecule has 1 aliphatic rings. The summed E-state index contributed by atoms with van der Waals surface area (Å²) in [7, 11) is -3.58. The highest BCUT2D eigenvalue weighted by Crippen LogP contribution is 2.24. The highest BCUT2D eigenvalue weighted by Gasteiger charge is 2.30. The van der Waals surface area contributed by atoms with E-state index in [9.17, 15) is 13.2 Å². The van der Waals surface area contributed by atoms with Gasteiger partial charge < -0.3 is 5.32 Å². The minimum atomic E-state index is -3.58. The number of halogens is 1. The third-order valence-electron chi connectivity index (χ3n) is 3.73. The number of carbonyl (C=O) groups excluding carboxylic acids is 1. The number of nitrogens with one attached hydrogen (secondary N) is 1. The summed E-state index contributed by atoms with van der Waals surface area (Å²) in [6.45, 7) is 4.74. The molecule has 0 aromatic heterocycles. The van der Waals surface area contributed by atoms with Crippen molar-refractivity contribution in [1.29, 1.82) is 0 Å². The normalized spacial score (nSPS) is 17.1. The van der Waals surface area contributed by atoms with Gasteiger partial charge in [-0.3, -0.25) is 9.69 Å². The Kier molecular flexibility index (Phi) is 6.41. The minimum Gasteiger partial charge on any atom is -0.355 e. The van der Waals surface area contributed by atoms with Crippen molar-refractivity contribution in [2.24, 2.45) is 0 Å². The number of sulfonamides is 1. The summed E-state index contributed by atoms with van der Waals surface area (Å²) >= 11 is 6.00. The number of carbonyl (C=O) groups is 1. The molecule has 0 unspecified atom stereocenters. The van der Waals surface area contributed by atoms with Gasteiger partial charge >= 0.3 is 0 Å². The Labute approximate surface area is 142 Å². The summed E-state index contributed by atoms with van der Waals surface area (Å²) in [5.74, 6) is -0.0192. The Morgan fingerprint density at radius 3 is 2.48 bits per heavy atom. The van der Waals surface area contributed by atoms with Crippen LogP contribution in [0.25, 0.3) is 0 Å². The maximum Gasteiger partial charge on any atom is 0.244 e. The number of benzene rings is 1. The number of piperazine rings is 1. The largest absolute Gasteiger partial charge is 0.355 e. The molecule has 0 spiro atoms. The van der Waals surface area contributed by atoms with Crippen LogP contribution in [-0.4, -0.2) is 62.8 Å². The van der Waals surface area contributed by atoms with Crippen LogP contribution < -0.4 is 5.32 Å².